The second-order valence-electron chi connectivity index (χ2n) is 7.33. The average Bonchev–Trinajstić information content (AvgIpc) is 2.86. The fourth-order valence-corrected chi connectivity index (χ4v) is 11.1. The van der Waals surface area contributed by atoms with Crippen molar-refractivity contribution in [2.45, 2.75) is 35.1 Å². The molecule has 156 valence electrons. The first-order valence-electron chi connectivity index (χ1n) is 7.61. The lowest BCUT2D eigenvalue weighted by atomic mass is 9.71. The van der Waals surface area contributed by atoms with E-state index in [-0.39, 0.29) is 20.1 Å². The van der Waals surface area contributed by atoms with E-state index in [1.165, 1.54) is 6.92 Å². The standard InChI is InChI=1S/C15H6Cl12O/c1-2-4(28)3-5(12(22)8(18)6(16)10(2,20)14(12,24)25)13(23)9(19)7(17)11(3,21)15(13,26)27/h2-3,5H,1H3. The Morgan fingerprint density at radius 1 is 0.607 bits per heavy atom. The number of rotatable bonds is 0. The van der Waals surface area contributed by atoms with Gasteiger partial charge >= 0.3 is 0 Å². The highest BCUT2D eigenvalue weighted by molar-refractivity contribution is 6.69. The summed E-state index contributed by atoms with van der Waals surface area (Å²) in [7, 11) is 0. The Labute approximate surface area is 220 Å². The van der Waals surface area contributed by atoms with Crippen LogP contribution in [-0.2, 0) is 4.79 Å². The third-order valence-electron chi connectivity index (χ3n) is 6.44. The van der Waals surface area contributed by atoms with Gasteiger partial charge in [0.15, 0.2) is 8.67 Å². The monoisotopic (exact) mass is 622 g/mol. The van der Waals surface area contributed by atoms with E-state index in [1.54, 1.807) is 0 Å². The van der Waals surface area contributed by atoms with Gasteiger partial charge in [0.2, 0.25) is 0 Å². The smallest absolute Gasteiger partial charge is 0.167 e. The van der Waals surface area contributed by atoms with Crippen molar-refractivity contribution in [3.05, 3.63) is 20.1 Å². The first-order chi connectivity index (χ1) is 12.4. The second kappa shape index (κ2) is 6.19. The molecule has 1 nitrogen and oxygen atoms in total. The summed E-state index contributed by atoms with van der Waals surface area (Å²) >= 11 is 79.9. The zero-order chi connectivity index (χ0) is 21.6. The Hall–Kier alpha value is 2.63. The summed E-state index contributed by atoms with van der Waals surface area (Å²) in [6.45, 7) is 1.48. The maximum Gasteiger partial charge on any atom is 0.167 e. The van der Waals surface area contributed by atoms with Gasteiger partial charge in [0.1, 0.15) is 25.3 Å². The minimum Gasteiger partial charge on any atom is -0.299 e. The Bertz CT molecular complexity index is 909. The van der Waals surface area contributed by atoms with E-state index in [2.05, 4.69) is 0 Å². The number of hydrogen-bond acceptors (Lipinski definition) is 1. The lowest BCUT2D eigenvalue weighted by molar-refractivity contribution is -0.128. The summed E-state index contributed by atoms with van der Waals surface area (Å²) in [5, 5.41) is -0.720. The molecule has 2 saturated carbocycles. The predicted molar refractivity (Wildman–Crippen MR) is 122 cm³/mol. The number of halogens is 12. The van der Waals surface area contributed by atoms with Gasteiger partial charge in [-0.25, -0.2) is 0 Å². The SMILES string of the molecule is CC1C(=O)C2C(C3(Cl)C(Cl)=C(Cl)C1(Cl)C3(Cl)Cl)C1(Cl)C(Cl)=C(Cl)C2(Cl)C1(Cl)Cl. The van der Waals surface area contributed by atoms with E-state index in [9.17, 15) is 4.79 Å². The maximum atomic E-state index is 13.6. The molecule has 7 atom stereocenters. The van der Waals surface area contributed by atoms with E-state index >= 15 is 0 Å². The molecule has 7 unspecified atom stereocenters. The first kappa shape index (κ1) is 23.8. The molecule has 4 aliphatic carbocycles. The molecule has 4 bridgehead atoms. The minimum absolute atomic E-state index is 0.166. The van der Waals surface area contributed by atoms with Gasteiger partial charge in [0.25, 0.3) is 0 Å². The van der Waals surface area contributed by atoms with E-state index in [0.29, 0.717) is 0 Å². The normalized spacial score (nSPS) is 53.8. The number of Topliss-reactive ketones (excluding diaryl/α,β-unsaturated/α-hetero) is 1. The average molecular weight is 628 g/mol. The quantitative estimate of drug-likeness (QED) is 0.248. The van der Waals surface area contributed by atoms with Crippen LogP contribution in [0.4, 0.5) is 0 Å². The van der Waals surface area contributed by atoms with Crippen LogP contribution >= 0.6 is 139 Å². The van der Waals surface area contributed by atoms with Crippen molar-refractivity contribution in [2.24, 2.45) is 17.8 Å². The molecule has 0 heterocycles. The number of alkyl halides is 8. The van der Waals surface area contributed by atoms with Crippen molar-refractivity contribution >= 4 is 145 Å². The fraction of sp³-hybridized carbons (Fsp3) is 0.667. The van der Waals surface area contributed by atoms with Crippen LogP contribution in [0.25, 0.3) is 0 Å². The number of fused-ring (bicyclic) bond motifs is 8. The van der Waals surface area contributed by atoms with Crippen molar-refractivity contribution in [3.63, 3.8) is 0 Å². The van der Waals surface area contributed by atoms with E-state index < -0.39 is 51.7 Å². The first-order valence-corrected chi connectivity index (χ1v) is 12.2. The lowest BCUT2D eigenvalue weighted by Crippen LogP contribution is -2.59. The Morgan fingerprint density at radius 3 is 1.36 bits per heavy atom. The molecule has 0 spiro atoms. The van der Waals surface area contributed by atoms with Gasteiger partial charge < -0.3 is 0 Å². The summed E-state index contributed by atoms with van der Waals surface area (Å²) in [6.07, 6.45) is 0. The van der Waals surface area contributed by atoms with E-state index in [0.717, 1.165) is 0 Å². The Balaban J connectivity index is 2.20. The molecular weight excluding hydrogens is 622 g/mol. The van der Waals surface area contributed by atoms with Crippen molar-refractivity contribution in [2.75, 3.05) is 0 Å². The second-order valence-corrected chi connectivity index (χ2v) is 13.9. The van der Waals surface area contributed by atoms with E-state index in [1.807, 2.05) is 0 Å². The molecule has 0 saturated heterocycles. The van der Waals surface area contributed by atoms with Crippen LogP contribution in [-0.4, -0.2) is 33.9 Å². The topological polar surface area (TPSA) is 17.1 Å². The number of carbonyl (C=O) groups excluding carboxylic acids is 1. The summed E-state index contributed by atoms with van der Waals surface area (Å²) in [5.41, 5.74) is 0. The molecule has 0 aliphatic heterocycles. The van der Waals surface area contributed by atoms with Crippen LogP contribution < -0.4 is 0 Å². The van der Waals surface area contributed by atoms with Gasteiger partial charge in [0.05, 0.1) is 26.0 Å². The number of carbonyl (C=O) groups is 1. The molecule has 0 radical (unpaired) electrons. The third-order valence-corrected chi connectivity index (χ3v) is 15.0. The van der Waals surface area contributed by atoms with Crippen molar-refractivity contribution < 1.29 is 4.79 Å². The zero-order valence-electron chi connectivity index (χ0n) is 13.2. The van der Waals surface area contributed by atoms with Gasteiger partial charge in [-0.1, -0.05) is 99.7 Å². The number of allylic oxidation sites excluding steroid dienone is 4. The molecule has 2 fully saturated rings. The Kier molecular flexibility index (Phi) is 5.26. The molecular formula is C15H6Cl12O. The predicted octanol–water partition coefficient (Wildman–Crippen LogP) is 8.12. The van der Waals surface area contributed by atoms with Gasteiger partial charge in [-0.05, 0) is 0 Å². The van der Waals surface area contributed by atoms with Crippen molar-refractivity contribution in [1.29, 1.82) is 0 Å². The van der Waals surface area contributed by atoms with Gasteiger partial charge in [-0.3, -0.25) is 4.79 Å². The highest BCUT2D eigenvalue weighted by Crippen LogP contribution is 2.84. The summed E-state index contributed by atoms with van der Waals surface area (Å²) in [5.74, 6) is -4.19. The van der Waals surface area contributed by atoms with Crippen LogP contribution in [0.5, 0.6) is 0 Å². The highest BCUT2D eigenvalue weighted by Gasteiger charge is 2.92. The summed E-state index contributed by atoms with van der Waals surface area (Å²) < 4.78 is -4.18. The molecule has 28 heavy (non-hydrogen) atoms. The lowest BCUT2D eigenvalue weighted by Gasteiger charge is -2.47. The largest absolute Gasteiger partial charge is 0.299 e. The molecule has 0 aromatic rings. The fourth-order valence-electron chi connectivity index (χ4n) is 4.97. The van der Waals surface area contributed by atoms with Crippen LogP contribution in [0.3, 0.4) is 0 Å². The number of hydrogen-bond donors (Lipinski definition) is 0. The van der Waals surface area contributed by atoms with Crippen molar-refractivity contribution in [1.82, 2.24) is 0 Å². The zero-order valence-corrected chi connectivity index (χ0v) is 22.2. The van der Waals surface area contributed by atoms with Crippen LogP contribution in [0, 0.1) is 17.8 Å². The van der Waals surface area contributed by atoms with Gasteiger partial charge in [-0.15, -0.1) is 46.4 Å². The highest BCUT2D eigenvalue weighted by atomic mass is 35.5. The maximum absolute atomic E-state index is 13.6. The van der Waals surface area contributed by atoms with E-state index in [4.69, 9.17) is 139 Å². The third kappa shape index (κ3) is 1.92. The van der Waals surface area contributed by atoms with Gasteiger partial charge in [0, 0.05) is 11.8 Å². The molecule has 4 aliphatic rings. The molecule has 0 amide bonds. The molecule has 13 heteroatoms. The van der Waals surface area contributed by atoms with Crippen LogP contribution in [0.2, 0.25) is 0 Å². The molecule has 0 aromatic carbocycles. The van der Waals surface area contributed by atoms with Crippen LogP contribution in [0.1, 0.15) is 6.92 Å². The molecule has 0 N–H and O–H groups in total. The van der Waals surface area contributed by atoms with Crippen molar-refractivity contribution in [3.8, 4) is 0 Å². The Morgan fingerprint density at radius 2 is 0.929 bits per heavy atom. The number of ketones is 1. The van der Waals surface area contributed by atoms with Gasteiger partial charge in [-0.2, -0.15) is 0 Å². The summed E-state index contributed by atoms with van der Waals surface area (Å²) in [6, 6.07) is 0. The molecule has 4 rings (SSSR count). The van der Waals surface area contributed by atoms with Crippen LogP contribution in [0.15, 0.2) is 20.1 Å². The summed E-state index contributed by atoms with van der Waals surface area (Å²) in [4.78, 5) is 5.86. The minimum atomic E-state index is -2.11. The molecule has 0 aromatic heterocycles.